The van der Waals surface area contributed by atoms with Gasteiger partial charge in [-0.3, -0.25) is 0 Å². The van der Waals surface area contributed by atoms with Gasteiger partial charge in [-0.25, -0.2) is 9.78 Å². The normalized spacial score (nSPS) is 11.7. The smallest absolute Gasteiger partial charge is 0.423 e. The third-order valence-corrected chi connectivity index (χ3v) is 6.24. The molecule has 2 rings (SSSR count). The van der Waals surface area contributed by atoms with Gasteiger partial charge in [0.15, 0.2) is 0 Å². The van der Waals surface area contributed by atoms with Crippen LogP contribution in [0, 0.1) is 0 Å². The zero-order chi connectivity index (χ0) is 26.8. The van der Waals surface area contributed by atoms with Crippen molar-refractivity contribution in [1.29, 1.82) is 0 Å². The molecule has 8 nitrogen and oxygen atoms in total. The van der Waals surface area contributed by atoms with E-state index in [1.165, 1.54) is 6.07 Å². The monoisotopic (exact) mass is 552 g/mol. The van der Waals surface area contributed by atoms with Crippen molar-refractivity contribution in [1.82, 2.24) is 10.3 Å². The number of pyridine rings is 1. The van der Waals surface area contributed by atoms with Crippen LogP contribution in [-0.2, 0) is 27.0 Å². The van der Waals surface area contributed by atoms with Crippen LogP contribution in [0.15, 0.2) is 30.5 Å². The number of aromatic nitrogens is 1. The molecule has 0 bridgehead atoms. The van der Waals surface area contributed by atoms with Crippen molar-refractivity contribution < 1.29 is 40.0 Å². The number of carbonyl (C=O) groups is 1. The van der Waals surface area contributed by atoms with Gasteiger partial charge in [-0.15, -0.1) is 0 Å². The van der Waals surface area contributed by atoms with Gasteiger partial charge in [-0.05, 0) is 31.0 Å². The van der Waals surface area contributed by atoms with Crippen molar-refractivity contribution in [2.45, 2.75) is 58.7 Å². The highest BCUT2D eigenvalue weighted by molar-refractivity contribution is 7.87. The quantitative estimate of drug-likeness (QED) is 0.224. The predicted octanol–water partition coefficient (Wildman–Crippen LogP) is 6.47. The summed E-state index contributed by atoms with van der Waals surface area (Å²) in [4.78, 5) is 15.7. The van der Waals surface area contributed by atoms with E-state index in [2.05, 4.69) is 14.5 Å². The van der Waals surface area contributed by atoms with Crippen LogP contribution in [0.1, 0.15) is 57.1 Å². The average molecular weight is 553 g/mol. The van der Waals surface area contributed by atoms with Gasteiger partial charge in [-0.1, -0.05) is 44.7 Å². The number of unbranched alkanes of at least 4 members (excludes halogenated alkanes) is 3. The summed E-state index contributed by atoms with van der Waals surface area (Å²) in [5, 5.41) is 1.95. The van der Waals surface area contributed by atoms with E-state index in [1.54, 1.807) is 12.1 Å². The maximum absolute atomic E-state index is 12.9. The molecule has 1 heterocycles. The van der Waals surface area contributed by atoms with Crippen molar-refractivity contribution in [2.75, 3.05) is 12.4 Å². The highest BCUT2D eigenvalue weighted by Gasteiger charge is 2.32. The molecule has 0 saturated carbocycles. The molecule has 0 aliphatic rings. The number of nitrogens with zero attached hydrogens (tertiary/aromatic N) is 1. The second-order valence-corrected chi connectivity index (χ2v) is 9.87. The Kier molecular flexibility index (Phi) is 11.1. The Morgan fingerprint density at radius 3 is 2.47 bits per heavy atom. The molecule has 36 heavy (non-hydrogen) atoms. The van der Waals surface area contributed by atoms with E-state index in [4.69, 9.17) is 21.1 Å². The van der Waals surface area contributed by atoms with Gasteiger partial charge < -0.3 is 19.0 Å². The Morgan fingerprint density at radius 2 is 1.83 bits per heavy atom. The largest absolute Gasteiger partial charge is 0.493 e. The summed E-state index contributed by atoms with van der Waals surface area (Å²) in [6, 6.07) is 5.30. The second-order valence-electron chi connectivity index (χ2n) is 7.78. The summed E-state index contributed by atoms with van der Waals surface area (Å²) < 4.78 is 78.4. The fourth-order valence-electron chi connectivity index (χ4n) is 2.84. The number of hydrogen-bond donors (Lipinski definition) is 1. The van der Waals surface area contributed by atoms with Gasteiger partial charge in [0, 0.05) is 24.4 Å². The Hall–Kier alpha value is -2.73. The molecule has 0 saturated heterocycles. The third kappa shape index (κ3) is 9.73. The number of halogens is 4. The lowest BCUT2D eigenvalue weighted by molar-refractivity contribution is -0.137. The number of rotatable bonds is 13. The third-order valence-electron chi connectivity index (χ3n) is 4.77. The number of benzene rings is 1. The molecule has 0 atom stereocenters. The first-order valence-corrected chi connectivity index (χ1v) is 13.3. The topological polar surface area (TPSA) is 104 Å². The molecular formula is C23H28ClF3N2O6S. The SMILES string of the molecule is CCCCCS(=O)(=O)OC(=O)NCc1ccc(OCCCC)cc1Oc1ncc(C(F)(F)F)cc1Cl. The second kappa shape index (κ2) is 13.5. The van der Waals surface area contributed by atoms with Gasteiger partial charge in [0.2, 0.25) is 5.88 Å². The Labute approximate surface area is 213 Å². The molecule has 2 aromatic rings. The molecule has 0 spiro atoms. The van der Waals surface area contributed by atoms with Crippen molar-refractivity contribution in [3.8, 4) is 17.4 Å². The van der Waals surface area contributed by atoms with E-state index in [1.807, 2.05) is 13.8 Å². The minimum Gasteiger partial charge on any atom is -0.493 e. The van der Waals surface area contributed by atoms with Crippen LogP contribution in [0.3, 0.4) is 0 Å². The van der Waals surface area contributed by atoms with Gasteiger partial charge in [-0.2, -0.15) is 21.6 Å². The first-order valence-electron chi connectivity index (χ1n) is 11.3. The Bertz CT molecular complexity index is 1130. The van der Waals surface area contributed by atoms with E-state index in [9.17, 15) is 26.4 Å². The van der Waals surface area contributed by atoms with Crippen LogP contribution in [0.4, 0.5) is 18.0 Å². The Balaban J connectivity index is 2.19. The van der Waals surface area contributed by atoms with Crippen LogP contribution in [0.25, 0.3) is 0 Å². The van der Waals surface area contributed by atoms with Crippen LogP contribution in [0.5, 0.6) is 17.4 Å². The van der Waals surface area contributed by atoms with Crippen LogP contribution >= 0.6 is 11.6 Å². The minimum atomic E-state index is -4.63. The molecule has 0 aliphatic carbocycles. The number of amides is 1. The number of nitrogens with one attached hydrogen (secondary N) is 1. The summed E-state index contributed by atoms with van der Waals surface area (Å²) >= 11 is 5.96. The van der Waals surface area contributed by atoms with E-state index < -0.39 is 28.0 Å². The van der Waals surface area contributed by atoms with Gasteiger partial charge in [0.25, 0.3) is 0 Å². The Morgan fingerprint density at radius 1 is 1.11 bits per heavy atom. The minimum absolute atomic E-state index is 0.0873. The first kappa shape index (κ1) is 29.5. The summed E-state index contributed by atoms with van der Waals surface area (Å²) in [6.45, 7) is 4.11. The molecule has 13 heteroatoms. The number of alkyl halides is 3. The highest BCUT2D eigenvalue weighted by Crippen LogP contribution is 2.36. The summed E-state index contributed by atoms with van der Waals surface area (Å²) in [6.07, 6.45) is -1.67. The summed E-state index contributed by atoms with van der Waals surface area (Å²) in [5.41, 5.74) is -0.697. The molecule has 0 fully saturated rings. The lowest BCUT2D eigenvalue weighted by Gasteiger charge is -2.15. The van der Waals surface area contributed by atoms with E-state index in [0.29, 0.717) is 43.0 Å². The summed E-state index contributed by atoms with van der Waals surface area (Å²) in [7, 11) is -4.04. The van der Waals surface area contributed by atoms with Crippen LogP contribution < -0.4 is 14.8 Å². The molecule has 1 amide bonds. The van der Waals surface area contributed by atoms with Crippen molar-refractivity contribution in [3.63, 3.8) is 0 Å². The van der Waals surface area contributed by atoms with Gasteiger partial charge in [0.05, 0.1) is 17.9 Å². The molecule has 200 valence electrons. The molecule has 0 radical (unpaired) electrons. The van der Waals surface area contributed by atoms with Gasteiger partial charge >= 0.3 is 22.4 Å². The van der Waals surface area contributed by atoms with Crippen molar-refractivity contribution >= 4 is 27.8 Å². The number of carbonyl (C=O) groups excluding carboxylic acids is 1. The van der Waals surface area contributed by atoms with Crippen molar-refractivity contribution in [3.05, 3.63) is 46.6 Å². The maximum atomic E-state index is 12.9. The lowest BCUT2D eigenvalue weighted by Crippen LogP contribution is -2.27. The fraction of sp³-hybridized carbons (Fsp3) is 0.478. The molecule has 1 aromatic carbocycles. The van der Waals surface area contributed by atoms with E-state index >= 15 is 0 Å². The summed E-state index contributed by atoms with van der Waals surface area (Å²) in [5.74, 6) is -0.0851. The van der Waals surface area contributed by atoms with Crippen LogP contribution in [0.2, 0.25) is 5.02 Å². The molecule has 1 N–H and O–H groups in total. The molecular weight excluding hydrogens is 525 g/mol. The molecule has 0 aliphatic heterocycles. The fourth-order valence-corrected chi connectivity index (χ4v) is 3.98. The maximum Gasteiger partial charge on any atom is 0.423 e. The molecule has 0 unspecified atom stereocenters. The zero-order valence-corrected chi connectivity index (χ0v) is 21.4. The average Bonchev–Trinajstić information content (AvgIpc) is 2.79. The zero-order valence-electron chi connectivity index (χ0n) is 19.9. The van der Waals surface area contributed by atoms with Gasteiger partial charge in [0.1, 0.15) is 16.5 Å². The van der Waals surface area contributed by atoms with Crippen LogP contribution in [-0.4, -0.2) is 31.9 Å². The van der Waals surface area contributed by atoms with E-state index in [-0.39, 0.29) is 28.9 Å². The van der Waals surface area contributed by atoms with Crippen molar-refractivity contribution in [2.24, 2.45) is 0 Å². The first-order chi connectivity index (χ1) is 16.9. The number of hydrogen-bond acceptors (Lipinski definition) is 7. The molecule has 1 aromatic heterocycles. The van der Waals surface area contributed by atoms with E-state index in [0.717, 1.165) is 19.3 Å². The highest BCUT2D eigenvalue weighted by atomic mass is 35.5. The standard InChI is InChI=1S/C23H28ClF3N2O6S/c1-3-5-7-11-36(31,32)35-22(30)29-14-16-8-9-18(33-10-6-4-2)13-20(16)34-21-19(24)12-17(15-28-21)23(25,26)27/h8-9,12-13,15H,3-7,10-11,14H2,1-2H3,(H,29,30). The number of ether oxygens (including phenoxy) is 2. The predicted molar refractivity (Wildman–Crippen MR) is 128 cm³/mol. The lowest BCUT2D eigenvalue weighted by atomic mass is 10.2.